The van der Waals surface area contributed by atoms with Crippen LogP contribution in [-0.4, -0.2) is 113 Å². The number of rotatable bonds is 17. The van der Waals surface area contributed by atoms with Gasteiger partial charge in [-0.3, -0.25) is 19.3 Å². The lowest BCUT2D eigenvalue weighted by atomic mass is 10.0. The van der Waals surface area contributed by atoms with Crippen molar-refractivity contribution in [1.82, 2.24) is 30.7 Å². The quantitative estimate of drug-likeness (QED) is 0.0581. The van der Waals surface area contributed by atoms with E-state index in [9.17, 15) is 24.3 Å². The summed E-state index contributed by atoms with van der Waals surface area (Å²) in [6.45, 7) is 3.39. The van der Waals surface area contributed by atoms with Crippen LogP contribution in [0.3, 0.4) is 0 Å². The van der Waals surface area contributed by atoms with Crippen molar-refractivity contribution in [3.63, 3.8) is 0 Å². The number of aromatic nitrogens is 1. The lowest BCUT2D eigenvalue weighted by Crippen LogP contribution is -2.55. The van der Waals surface area contributed by atoms with Crippen LogP contribution in [0.2, 0.25) is 0 Å². The fourth-order valence-electron chi connectivity index (χ4n) is 7.51. The summed E-state index contributed by atoms with van der Waals surface area (Å²) in [6, 6.07) is 13.1. The largest absolute Gasteiger partial charge is 0.445 e. The molecule has 6 rings (SSSR count). The molecule has 56 heavy (non-hydrogen) atoms. The number of piperidine rings is 2. The standard InChI is InChI=1S/C41H55N7O8/c42-20-8-7-14-32(36(49)38-45-31-13-5-6-15-35(31)56-38)44-37(50)34-25-30(55-41(53)47-23-9-2-10-24-47)26-48(34)39(51)33(17-16-28-18-21-43-22-19-28)46-40(52)54-27-29-11-3-1-4-12-29/h1,3-6,11-13,15-16,30,32-34,41,43,53H,2,7-10,14,17-27,42H2,(H,44,50)(H,46,52)/t30?,32-,33+,34?,41?/m0/s1. The zero-order chi connectivity index (χ0) is 39.3. The van der Waals surface area contributed by atoms with Crippen LogP contribution in [-0.2, 0) is 25.7 Å². The molecule has 2 aromatic carbocycles. The third-order valence-electron chi connectivity index (χ3n) is 10.6. The number of alkyl carbamates (subject to hydrolysis) is 1. The smallest absolute Gasteiger partial charge is 0.408 e. The Morgan fingerprint density at radius 2 is 1.73 bits per heavy atom. The number of ketones is 1. The van der Waals surface area contributed by atoms with Gasteiger partial charge in [-0.05, 0) is 88.7 Å². The molecular weight excluding hydrogens is 718 g/mol. The highest BCUT2D eigenvalue weighted by Gasteiger charge is 2.44. The summed E-state index contributed by atoms with van der Waals surface area (Å²) >= 11 is 0. The van der Waals surface area contributed by atoms with Gasteiger partial charge in [-0.2, -0.15) is 0 Å². The predicted molar refractivity (Wildman–Crippen MR) is 208 cm³/mol. The average molecular weight is 774 g/mol. The lowest BCUT2D eigenvalue weighted by Gasteiger charge is -2.32. The van der Waals surface area contributed by atoms with Gasteiger partial charge in [-0.25, -0.2) is 9.78 Å². The first-order valence-corrected chi connectivity index (χ1v) is 19.9. The van der Waals surface area contributed by atoms with Crippen molar-refractivity contribution >= 4 is 34.8 Å². The number of nitrogens with zero attached hydrogens (tertiary/aromatic N) is 3. The van der Waals surface area contributed by atoms with Gasteiger partial charge in [0.1, 0.15) is 24.2 Å². The van der Waals surface area contributed by atoms with Crippen LogP contribution in [0.25, 0.3) is 11.1 Å². The van der Waals surface area contributed by atoms with Crippen LogP contribution in [0.1, 0.15) is 80.5 Å². The molecule has 6 N–H and O–H groups in total. The van der Waals surface area contributed by atoms with Gasteiger partial charge in [-0.15, -0.1) is 0 Å². The summed E-state index contributed by atoms with van der Waals surface area (Å²) in [6.07, 6.45) is 5.55. The summed E-state index contributed by atoms with van der Waals surface area (Å²) in [7, 11) is 0. The zero-order valence-electron chi connectivity index (χ0n) is 31.9. The molecule has 5 atom stereocenters. The Kier molecular flexibility index (Phi) is 15.0. The maximum Gasteiger partial charge on any atom is 0.408 e. The number of aliphatic hydroxyl groups is 1. The van der Waals surface area contributed by atoms with E-state index in [2.05, 4.69) is 20.9 Å². The van der Waals surface area contributed by atoms with Gasteiger partial charge < -0.3 is 45.6 Å². The van der Waals surface area contributed by atoms with Gasteiger partial charge in [0.2, 0.25) is 24.0 Å². The number of Topliss-reactive ketones (excluding diaryl/α,β-unsaturated/α-hetero) is 1. The van der Waals surface area contributed by atoms with Gasteiger partial charge in [0.15, 0.2) is 5.58 Å². The number of aliphatic hydroxyl groups excluding tert-OH is 1. The number of carbonyl (C=O) groups is 4. The van der Waals surface area contributed by atoms with Gasteiger partial charge in [-0.1, -0.05) is 60.5 Å². The van der Waals surface area contributed by atoms with Gasteiger partial charge >= 0.3 is 6.09 Å². The molecule has 0 spiro atoms. The molecule has 3 saturated heterocycles. The number of fused-ring (bicyclic) bond motifs is 1. The molecule has 15 heteroatoms. The van der Waals surface area contributed by atoms with E-state index in [-0.39, 0.29) is 38.3 Å². The highest BCUT2D eigenvalue weighted by molar-refractivity contribution is 6.01. The molecule has 3 aliphatic heterocycles. The molecule has 1 aromatic heterocycles. The summed E-state index contributed by atoms with van der Waals surface area (Å²) in [5.41, 5.74) is 8.69. The Bertz CT molecular complexity index is 1760. The van der Waals surface area contributed by atoms with Crippen LogP contribution in [0.15, 0.2) is 70.7 Å². The molecule has 3 aromatic rings. The minimum Gasteiger partial charge on any atom is -0.445 e. The van der Waals surface area contributed by atoms with E-state index in [1.165, 1.54) is 10.5 Å². The van der Waals surface area contributed by atoms with E-state index in [0.29, 0.717) is 43.6 Å². The molecule has 0 saturated carbocycles. The predicted octanol–water partition coefficient (Wildman–Crippen LogP) is 3.37. The monoisotopic (exact) mass is 773 g/mol. The number of carbonyl (C=O) groups excluding carboxylic acids is 4. The van der Waals surface area contributed by atoms with E-state index in [0.717, 1.165) is 50.8 Å². The van der Waals surface area contributed by atoms with Crippen LogP contribution in [0, 0.1) is 0 Å². The van der Waals surface area contributed by atoms with Crippen molar-refractivity contribution in [3.8, 4) is 0 Å². The van der Waals surface area contributed by atoms with Gasteiger partial charge in [0, 0.05) is 26.1 Å². The van der Waals surface area contributed by atoms with Crippen molar-refractivity contribution < 1.29 is 38.2 Å². The number of unbranched alkanes of at least 4 members (excludes halogenated alkanes) is 1. The number of ether oxygens (including phenoxy) is 2. The third kappa shape index (κ3) is 11.2. The average Bonchev–Trinajstić information content (AvgIpc) is 3.87. The minimum absolute atomic E-state index is 0.0129. The Balaban J connectivity index is 1.23. The first-order valence-electron chi connectivity index (χ1n) is 19.9. The number of nitrogens with one attached hydrogen (secondary N) is 3. The summed E-state index contributed by atoms with van der Waals surface area (Å²) in [5.74, 6) is -1.69. The van der Waals surface area contributed by atoms with Crippen molar-refractivity contribution in [1.29, 1.82) is 0 Å². The van der Waals surface area contributed by atoms with E-state index >= 15 is 0 Å². The second-order valence-electron chi connectivity index (χ2n) is 14.7. The molecule has 3 unspecified atom stereocenters. The number of nitrogens with two attached hydrogens (primary N) is 1. The van der Waals surface area contributed by atoms with Crippen molar-refractivity contribution in [2.45, 2.75) is 101 Å². The SMILES string of the molecule is NCCCC[C@H](NC(=O)C1CC(OC(O)N2CCCCC2)CN1C(=O)[C@@H](CC=C1CCNCC1)NC(=O)OCc1ccccc1)C(=O)c1nc2ccccc2o1. The fraction of sp³-hybridized carbons (Fsp3) is 0.537. The number of hydrogen-bond donors (Lipinski definition) is 5. The molecule has 0 aliphatic carbocycles. The molecule has 3 aliphatic rings. The molecule has 15 nitrogen and oxygen atoms in total. The number of oxazole rings is 1. The summed E-state index contributed by atoms with van der Waals surface area (Å²) in [4.78, 5) is 63.7. The number of likely N-dealkylation sites (tertiary alicyclic amines) is 2. The van der Waals surface area contributed by atoms with Crippen molar-refractivity contribution in [2.24, 2.45) is 5.73 Å². The maximum absolute atomic E-state index is 14.6. The molecule has 3 fully saturated rings. The van der Waals surface area contributed by atoms with E-state index < -0.39 is 54.3 Å². The highest BCUT2D eigenvalue weighted by atomic mass is 16.6. The lowest BCUT2D eigenvalue weighted by molar-refractivity contribution is -0.218. The van der Waals surface area contributed by atoms with Crippen LogP contribution in [0.4, 0.5) is 4.79 Å². The van der Waals surface area contributed by atoms with E-state index in [1.807, 2.05) is 41.3 Å². The first-order chi connectivity index (χ1) is 27.3. The molecule has 302 valence electrons. The van der Waals surface area contributed by atoms with Gasteiger partial charge in [0.25, 0.3) is 5.89 Å². The van der Waals surface area contributed by atoms with E-state index in [1.54, 1.807) is 24.3 Å². The molecule has 0 radical (unpaired) electrons. The molecular formula is C41H55N7O8. The number of hydrogen-bond acceptors (Lipinski definition) is 12. The number of benzene rings is 2. The number of amides is 3. The van der Waals surface area contributed by atoms with Crippen LogP contribution < -0.4 is 21.7 Å². The molecule has 4 heterocycles. The molecule has 3 amide bonds. The topological polar surface area (TPSA) is 202 Å². The summed E-state index contributed by atoms with van der Waals surface area (Å²) < 4.78 is 17.4. The van der Waals surface area contributed by atoms with Crippen LogP contribution >= 0.6 is 0 Å². The second-order valence-corrected chi connectivity index (χ2v) is 14.7. The van der Waals surface area contributed by atoms with Gasteiger partial charge in [0.05, 0.1) is 12.1 Å². The van der Waals surface area contributed by atoms with E-state index in [4.69, 9.17) is 19.6 Å². The summed E-state index contributed by atoms with van der Waals surface area (Å²) in [5, 5.41) is 20.1. The Labute approximate surface area is 327 Å². The Morgan fingerprint density at radius 1 is 0.982 bits per heavy atom. The fourth-order valence-corrected chi connectivity index (χ4v) is 7.51. The number of para-hydroxylation sites is 2. The third-order valence-corrected chi connectivity index (χ3v) is 10.6. The Hall–Kier alpha value is -4.67. The van der Waals surface area contributed by atoms with Crippen LogP contribution in [0.5, 0.6) is 0 Å². The highest BCUT2D eigenvalue weighted by Crippen LogP contribution is 2.26. The Morgan fingerprint density at radius 3 is 2.48 bits per heavy atom. The normalized spacial score (nSPS) is 20.6. The minimum atomic E-state index is -1.21. The van der Waals surface area contributed by atoms with Crippen molar-refractivity contribution in [2.75, 3.05) is 39.3 Å². The zero-order valence-corrected chi connectivity index (χ0v) is 31.9. The maximum atomic E-state index is 14.6. The second kappa shape index (κ2) is 20.5. The first kappa shape index (κ1) is 41.0. The molecule has 0 bridgehead atoms. The van der Waals surface area contributed by atoms with Crippen molar-refractivity contribution in [3.05, 3.63) is 77.7 Å².